The summed E-state index contributed by atoms with van der Waals surface area (Å²) in [6, 6.07) is 4.00. The molecule has 0 radical (unpaired) electrons. The molecule has 1 aliphatic rings. The summed E-state index contributed by atoms with van der Waals surface area (Å²) in [5.74, 6) is -0.822. The van der Waals surface area contributed by atoms with Gasteiger partial charge in [0.2, 0.25) is 0 Å². The van der Waals surface area contributed by atoms with Crippen LogP contribution < -0.4 is 5.32 Å². The largest absolute Gasteiger partial charge is 0.477 e. The zero-order valence-corrected chi connectivity index (χ0v) is 8.64. The van der Waals surface area contributed by atoms with Crippen molar-refractivity contribution in [3.63, 3.8) is 0 Å². The maximum Gasteiger partial charge on any atom is 0.345 e. The predicted molar refractivity (Wildman–Crippen MR) is 55.9 cm³/mol. The van der Waals surface area contributed by atoms with Crippen LogP contribution in [0.4, 0.5) is 0 Å². The molecule has 1 atom stereocenters. The number of nitrogens with one attached hydrogen (secondary N) is 1. The Morgan fingerprint density at radius 3 is 2.93 bits per heavy atom. The van der Waals surface area contributed by atoms with Crippen LogP contribution in [0.15, 0.2) is 12.1 Å². The lowest BCUT2D eigenvalue weighted by Crippen LogP contribution is -2.25. The van der Waals surface area contributed by atoms with Crippen molar-refractivity contribution < 1.29 is 9.90 Å². The molecule has 2 heterocycles. The molecule has 1 saturated heterocycles. The van der Waals surface area contributed by atoms with E-state index in [-0.39, 0.29) is 0 Å². The van der Waals surface area contributed by atoms with Gasteiger partial charge >= 0.3 is 5.97 Å². The zero-order valence-electron chi connectivity index (χ0n) is 7.82. The summed E-state index contributed by atoms with van der Waals surface area (Å²) in [6.45, 7) is 1.05. The van der Waals surface area contributed by atoms with E-state index in [0.29, 0.717) is 10.9 Å². The molecule has 14 heavy (non-hydrogen) atoms. The summed E-state index contributed by atoms with van der Waals surface area (Å²) in [4.78, 5) is 12.3. The molecule has 1 fully saturated rings. The Hall–Kier alpha value is -0.870. The maximum atomic E-state index is 10.7. The van der Waals surface area contributed by atoms with Crippen molar-refractivity contribution in [1.82, 2.24) is 5.32 Å². The topological polar surface area (TPSA) is 49.3 Å². The first-order valence-electron chi connectivity index (χ1n) is 4.84. The van der Waals surface area contributed by atoms with E-state index >= 15 is 0 Å². The van der Waals surface area contributed by atoms with E-state index < -0.39 is 5.97 Å². The second-order valence-electron chi connectivity index (χ2n) is 3.51. The van der Waals surface area contributed by atoms with Gasteiger partial charge in [-0.15, -0.1) is 11.3 Å². The van der Waals surface area contributed by atoms with Crippen LogP contribution in [-0.4, -0.2) is 17.6 Å². The van der Waals surface area contributed by atoms with Gasteiger partial charge in [-0.25, -0.2) is 4.79 Å². The van der Waals surface area contributed by atoms with Crippen LogP contribution in [0.1, 0.15) is 39.9 Å². The lowest BCUT2D eigenvalue weighted by atomic mass is 10.0. The monoisotopic (exact) mass is 211 g/mol. The highest BCUT2D eigenvalue weighted by Gasteiger charge is 2.17. The van der Waals surface area contributed by atoms with Gasteiger partial charge in [0, 0.05) is 10.9 Å². The van der Waals surface area contributed by atoms with Gasteiger partial charge in [-0.05, 0) is 31.5 Å². The first-order chi connectivity index (χ1) is 6.77. The third-order valence-electron chi connectivity index (χ3n) is 2.49. The molecule has 0 spiro atoms. The van der Waals surface area contributed by atoms with E-state index in [1.807, 2.05) is 6.07 Å². The number of piperidine rings is 1. The van der Waals surface area contributed by atoms with Crippen LogP contribution >= 0.6 is 11.3 Å². The maximum absolute atomic E-state index is 10.7. The molecular weight excluding hydrogens is 198 g/mol. The third-order valence-corrected chi connectivity index (χ3v) is 3.68. The molecule has 0 aromatic carbocycles. The van der Waals surface area contributed by atoms with E-state index in [2.05, 4.69) is 5.32 Å². The normalized spacial score (nSPS) is 22.1. The molecule has 0 bridgehead atoms. The van der Waals surface area contributed by atoms with Crippen LogP contribution in [0.5, 0.6) is 0 Å². The third kappa shape index (κ3) is 1.96. The van der Waals surface area contributed by atoms with Gasteiger partial charge in [-0.2, -0.15) is 0 Å². The Bertz CT molecular complexity index is 329. The highest BCUT2D eigenvalue weighted by molar-refractivity contribution is 7.14. The molecule has 76 valence electrons. The molecule has 0 aliphatic carbocycles. The number of carboxylic acids is 1. The SMILES string of the molecule is O=C(O)c1ccc(C2CCCCN2)s1. The van der Waals surface area contributed by atoms with E-state index in [1.54, 1.807) is 6.07 Å². The summed E-state index contributed by atoms with van der Waals surface area (Å²) >= 11 is 1.39. The van der Waals surface area contributed by atoms with Crippen molar-refractivity contribution >= 4 is 17.3 Å². The fourth-order valence-electron chi connectivity index (χ4n) is 1.75. The molecule has 1 unspecified atom stereocenters. The number of carbonyl (C=O) groups is 1. The molecule has 1 aromatic heterocycles. The van der Waals surface area contributed by atoms with Crippen LogP contribution in [-0.2, 0) is 0 Å². The lowest BCUT2D eigenvalue weighted by Gasteiger charge is -2.22. The summed E-state index contributed by atoms with van der Waals surface area (Å²) < 4.78 is 0. The Morgan fingerprint density at radius 2 is 2.36 bits per heavy atom. The Balaban J connectivity index is 2.11. The van der Waals surface area contributed by atoms with Gasteiger partial charge in [-0.3, -0.25) is 0 Å². The molecule has 0 amide bonds. The predicted octanol–water partition coefficient (Wildman–Crippen LogP) is 2.26. The molecular formula is C10H13NO2S. The van der Waals surface area contributed by atoms with Crippen molar-refractivity contribution in [2.75, 3.05) is 6.54 Å². The summed E-state index contributed by atoms with van der Waals surface area (Å²) in [6.07, 6.45) is 3.59. The number of rotatable bonds is 2. The molecule has 2 rings (SSSR count). The molecule has 3 nitrogen and oxygen atoms in total. The fraction of sp³-hybridized carbons (Fsp3) is 0.500. The van der Waals surface area contributed by atoms with Gasteiger partial charge in [0.05, 0.1) is 0 Å². The standard InChI is InChI=1S/C10H13NO2S/c12-10(13)9-5-4-8(14-9)7-3-1-2-6-11-7/h4-5,7,11H,1-3,6H2,(H,12,13). The summed E-state index contributed by atoms with van der Waals surface area (Å²) in [5.41, 5.74) is 0. The van der Waals surface area contributed by atoms with Crippen molar-refractivity contribution in [2.24, 2.45) is 0 Å². The van der Waals surface area contributed by atoms with Crippen LogP contribution in [0.2, 0.25) is 0 Å². The minimum Gasteiger partial charge on any atom is -0.477 e. The van der Waals surface area contributed by atoms with E-state index in [4.69, 9.17) is 5.11 Å². The number of aromatic carboxylic acids is 1. The average Bonchev–Trinajstić information content (AvgIpc) is 2.68. The van der Waals surface area contributed by atoms with Gasteiger partial charge < -0.3 is 10.4 Å². The van der Waals surface area contributed by atoms with E-state index in [9.17, 15) is 4.79 Å². The highest BCUT2D eigenvalue weighted by Crippen LogP contribution is 2.28. The second-order valence-corrected chi connectivity index (χ2v) is 4.63. The average molecular weight is 211 g/mol. The summed E-state index contributed by atoms with van der Waals surface area (Å²) in [5, 5.41) is 12.2. The number of thiophene rings is 1. The van der Waals surface area contributed by atoms with Gasteiger partial charge in [0.25, 0.3) is 0 Å². The van der Waals surface area contributed by atoms with E-state index in [0.717, 1.165) is 17.8 Å². The molecule has 1 aromatic rings. The second kappa shape index (κ2) is 4.11. The first-order valence-corrected chi connectivity index (χ1v) is 5.65. The number of carboxylic acid groups (broad SMARTS) is 1. The number of hydrogen-bond donors (Lipinski definition) is 2. The van der Waals surface area contributed by atoms with Crippen molar-refractivity contribution in [2.45, 2.75) is 25.3 Å². The number of hydrogen-bond acceptors (Lipinski definition) is 3. The van der Waals surface area contributed by atoms with Crippen molar-refractivity contribution in [3.05, 3.63) is 21.9 Å². The van der Waals surface area contributed by atoms with Gasteiger partial charge in [0.1, 0.15) is 4.88 Å². The van der Waals surface area contributed by atoms with Gasteiger partial charge in [0.15, 0.2) is 0 Å². The Labute approximate surface area is 86.8 Å². The lowest BCUT2D eigenvalue weighted by molar-refractivity contribution is 0.0702. The fourth-order valence-corrected chi connectivity index (χ4v) is 2.71. The molecule has 4 heteroatoms. The van der Waals surface area contributed by atoms with Crippen molar-refractivity contribution in [3.8, 4) is 0 Å². The molecule has 1 aliphatic heterocycles. The smallest absolute Gasteiger partial charge is 0.345 e. The molecule has 0 saturated carbocycles. The highest BCUT2D eigenvalue weighted by atomic mass is 32.1. The minimum absolute atomic E-state index is 0.377. The minimum atomic E-state index is -0.822. The Kier molecular flexibility index (Phi) is 2.84. The van der Waals surface area contributed by atoms with Gasteiger partial charge in [-0.1, -0.05) is 6.42 Å². The van der Waals surface area contributed by atoms with E-state index in [1.165, 1.54) is 24.2 Å². The van der Waals surface area contributed by atoms with Crippen molar-refractivity contribution in [1.29, 1.82) is 0 Å². The summed E-state index contributed by atoms with van der Waals surface area (Å²) in [7, 11) is 0. The molecule has 2 N–H and O–H groups in total. The van der Waals surface area contributed by atoms with Crippen LogP contribution in [0, 0.1) is 0 Å². The first kappa shape index (κ1) is 9.68. The van der Waals surface area contributed by atoms with Crippen LogP contribution in [0.3, 0.4) is 0 Å². The van der Waals surface area contributed by atoms with Crippen LogP contribution in [0.25, 0.3) is 0 Å². The zero-order chi connectivity index (χ0) is 9.97. The quantitative estimate of drug-likeness (QED) is 0.789. The Morgan fingerprint density at radius 1 is 1.50 bits per heavy atom.